The Bertz CT molecular complexity index is 1450. The van der Waals surface area contributed by atoms with Gasteiger partial charge in [0, 0.05) is 35.0 Å². The van der Waals surface area contributed by atoms with E-state index in [9.17, 15) is 13.2 Å². The van der Waals surface area contributed by atoms with Crippen LogP contribution in [0.1, 0.15) is 22.3 Å². The van der Waals surface area contributed by atoms with Crippen molar-refractivity contribution in [1.82, 2.24) is 9.71 Å². The van der Waals surface area contributed by atoms with Crippen molar-refractivity contribution in [3.8, 4) is 10.9 Å². The van der Waals surface area contributed by atoms with Crippen molar-refractivity contribution in [2.75, 3.05) is 7.05 Å². The molecule has 2 aromatic carbocycles. The minimum atomic E-state index is -3.76. The van der Waals surface area contributed by atoms with E-state index in [-0.39, 0.29) is 63.5 Å². The van der Waals surface area contributed by atoms with Crippen LogP contribution in [0.4, 0.5) is 5.69 Å². The van der Waals surface area contributed by atoms with Crippen LogP contribution in [0.15, 0.2) is 57.2 Å². The predicted octanol–water partition coefficient (Wildman–Crippen LogP) is 1.72. The van der Waals surface area contributed by atoms with Crippen LogP contribution in [0.2, 0.25) is 0 Å². The molecule has 0 bridgehead atoms. The molecule has 0 atom stereocenters. The van der Waals surface area contributed by atoms with Crippen LogP contribution in [0, 0.1) is 13.8 Å². The van der Waals surface area contributed by atoms with E-state index < -0.39 is 15.8 Å². The van der Waals surface area contributed by atoms with Gasteiger partial charge in [-0.05, 0) is 43.7 Å². The molecular formula is C22H20KN3O5S2. The van der Waals surface area contributed by atoms with Gasteiger partial charge in [-0.25, -0.2) is 22.9 Å². The number of nitrogens with one attached hydrogen (secondary N) is 1. The van der Waals surface area contributed by atoms with Crippen LogP contribution in [0.3, 0.4) is 0 Å². The maximum Gasteiger partial charge on any atom is 1.00 e. The second kappa shape index (κ2) is 10.8. The number of thiazole rings is 1. The SMILES string of the molecule is CNS(=O)(=O)[N-]c1cccc(Cc2c(C)c3cc(C)c(Oc4nccs4)cc3oc2=O)c1.[K+]. The molecule has 0 fully saturated rings. The average molecular weight is 510 g/mol. The molecule has 33 heavy (non-hydrogen) atoms. The first kappa shape index (κ1) is 26.0. The summed E-state index contributed by atoms with van der Waals surface area (Å²) in [5.41, 5.74) is 3.17. The van der Waals surface area contributed by atoms with Crippen molar-refractivity contribution in [3.05, 3.63) is 85.4 Å². The third-order valence-corrected chi connectivity index (χ3v) is 6.58. The third kappa shape index (κ3) is 6.11. The molecule has 0 unspecified atom stereocenters. The molecule has 2 aromatic heterocycles. The molecule has 0 spiro atoms. The van der Waals surface area contributed by atoms with Crippen LogP contribution in [-0.2, 0) is 16.6 Å². The number of fused-ring (bicyclic) bond motifs is 1. The number of nitrogens with zero attached hydrogens (tertiary/aromatic N) is 2. The van der Waals surface area contributed by atoms with E-state index in [1.165, 1.54) is 18.4 Å². The van der Waals surface area contributed by atoms with E-state index >= 15 is 0 Å². The number of rotatable bonds is 7. The molecule has 0 radical (unpaired) electrons. The Hall–Kier alpha value is -1.57. The second-order valence-corrected chi connectivity index (χ2v) is 9.52. The summed E-state index contributed by atoms with van der Waals surface area (Å²) in [4.78, 5) is 16.9. The maximum absolute atomic E-state index is 12.8. The van der Waals surface area contributed by atoms with Gasteiger partial charge in [0.2, 0.25) is 0 Å². The maximum atomic E-state index is 12.8. The van der Waals surface area contributed by atoms with E-state index in [1.807, 2.05) is 31.4 Å². The summed E-state index contributed by atoms with van der Waals surface area (Å²) in [6.45, 7) is 3.79. The molecule has 0 amide bonds. The number of hydrogen-bond donors (Lipinski definition) is 1. The number of aromatic nitrogens is 1. The van der Waals surface area contributed by atoms with Gasteiger partial charge in [-0.1, -0.05) is 35.6 Å². The van der Waals surface area contributed by atoms with Crippen molar-refractivity contribution in [1.29, 1.82) is 0 Å². The first-order valence-electron chi connectivity index (χ1n) is 9.65. The second-order valence-electron chi connectivity index (χ2n) is 7.12. The van der Waals surface area contributed by atoms with E-state index in [1.54, 1.807) is 30.5 Å². The van der Waals surface area contributed by atoms with Gasteiger partial charge in [-0.15, -0.1) is 5.69 Å². The standard InChI is InChI=1S/C22H20N3O5S2.K/c1-13-9-17-14(2)18(11-15-5-4-6-16(10-15)25-32(27,28)23-3)21(26)29-20(17)12-19(13)30-22-24-7-8-31-22;/h4-10,12,23H,11H2,1-3H3;/q-1;+1. The molecule has 0 saturated carbocycles. The molecule has 166 valence electrons. The molecule has 4 aromatic rings. The van der Waals surface area contributed by atoms with Gasteiger partial charge in [0.15, 0.2) is 10.2 Å². The summed E-state index contributed by atoms with van der Waals surface area (Å²) in [5, 5.41) is 3.13. The Kier molecular flexibility index (Phi) is 8.51. The zero-order chi connectivity index (χ0) is 22.9. The molecule has 0 aliphatic heterocycles. The zero-order valence-electron chi connectivity index (χ0n) is 18.6. The first-order chi connectivity index (χ1) is 15.3. The van der Waals surface area contributed by atoms with Gasteiger partial charge in [-0.2, -0.15) is 0 Å². The van der Waals surface area contributed by atoms with Gasteiger partial charge in [0.05, 0.1) is 0 Å². The molecule has 1 N–H and O–H groups in total. The zero-order valence-corrected chi connectivity index (χ0v) is 23.3. The minimum Gasteiger partial charge on any atom is -0.564 e. The van der Waals surface area contributed by atoms with E-state index in [0.717, 1.165) is 22.1 Å². The fourth-order valence-corrected chi connectivity index (χ4v) is 4.29. The van der Waals surface area contributed by atoms with Crippen LogP contribution >= 0.6 is 11.3 Å². The van der Waals surface area contributed by atoms with Gasteiger partial charge in [0.1, 0.15) is 11.3 Å². The fourth-order valence-electron chi connectivity index (χ4n) is 3.31. The summed E-state index contributed by atoms with van der Waals surface area (Å²) >= 11 is 1.37. The van der Waals surface area contributed by atoms with Gasteiger partial charge in [-0.3, -0.25) is 0 Å². The van der Waals surface area contributed by atoms with Crippen molar-refractivity contribution in [3.63, 3.8) is 0 Å². The van der Waals surface area contributed by atoms with Gasteiger partial charge < -0.3 is 13.9 Å². The molecular weight excluding hydrogens is 489 g/mol. The minimum absolute atomic E-state index is 0. The average Bonchev–Trinajstić information content (AvgIpc) is 3.26. The quantitative estimate of drug-likeness (QED) is 0.300. The van der Waals surface area contributed by atoms with Crippen molar-refractivity contribution in [2.45, 2.75) is 20.3 Å². The molecule has 4 rings (SSSR count). The Morgan fingerprint density at radius 1 is 1.21 bits per heavy atom. The van der Waals surface area contributed by atoms with E-state index in [2.05, 4.69) is 14.4 Å². The summed E-state index contributed by atoms with van der Waals surface area (Å²) < 4.78 is 40.7. The topological polar surface area (TPSA) is 113 Å². The third-order valence-electron chi connectivity index (χ3n) is 4.96. The van der Waals surface area contributed by atoms with Crippen molar-refractivity contribution < 1.29 is 69.0 Å². The number of ether oxygens (including phenoxy) is 1. The van der Waals surface area contributed by atoms with Crippen LogP contribution < -0.4 is 66.5 Å². The molecule has 2 heterocycles. The summed E-state index contributed by atoms with van der Waals surface area (Å²) in [6.07, 6.45) is 1.94. The van der Waals surface area contributed by atoms with Crippen molar-refractivity contribution in [2.24, 2.45) is 0 Å². The molecule has 8 nitrogen and oxygen atoms in total. The Morgan fingerprint density at radius 3 is 2.70 bits per heavy atom. The molecule has 0 aliphatic carbocycles. The molecule has 11 heteroatoms. The summed E-state index contributed by atoms with van der Waals surface area (Å²) in [6, 6.07) is 10.3. The number of benzene rings is 2. The predicted molar refractivity (Wildman–Crippen MR) is 124 cm³/mol. The number of aryl methyl sites for hydroxylation is 2. The Morgan fingerprint density at radius 2 is 2.00 bits per heavy atom. The van der Waals surface area contributed by atoms with Crippen LogP contribution in [0.5, 0.6) is 10.9 Å². The Labute approximate surface area is 238 Å². The Balaban J connectivity index is 0.00000306. The van der Waals surface area contributed by atoms with Gasteiger partial charge >= 0.3 is 57.0 Å². The number of hydrogen-bond acceptors (Lipinski definition) is 7. The smallest absolute Gasteiger partial charge is 0.564 e. The van der Waals surface area contributed by atoms with Crippen LogP contribution in [-0.4, -0.2) is 20.4 Å². The molecule has 0 saturated heterocycles. The van der Waals surface area contributed by atoms with Crippen LogP contribution in [0.25, 0.3) is 15.7 Å². The molecule has 0 aliphatic rings. The first-order valence-corrected chi connectivity index (χ1v) is 12.0. The van der Waals surface area contributed by atoms with Gasteiger partial charge in [0.25, 0.3) is 5.19 Å². The van der Waals surface area contributed by atoms with Crippen molar-refractivity contribution >= 4 is 38.2 Å². The normalized spacial score (nSPS) is 11.2. The summed E-state index contributed by atoms with van der Waals surface area (Å²) in [5.74, 6) is 0.572. The largest absolute Gasteiger partial charge is 1.00 e. The van der Waals surface area contributed by atoms with E-state index in [0.29, 0.717) is 22.1 Å². The fraction of sp³-hybridized carbons (Fsp3) is 0.182. The monoisotopic (exact) mass is 509 g/mol. The van der Waals surface area contributed by atoms with E-state index in [4.69, 9.17) is 9.15 Å². The summed E-state index contributed by atoms with van der Waals surface area (Å²) in [7, 11) is -2.46.